The van der Waals surface area contributed by atoms with E-state index >= 15 is 0 Å². The smallest absolute Gasteiger partial charge is 0.327 e. The minimum absolute atomic E-state index is 0.0621. The van der Waals surface area contributed by atoms with E-state index in [9.17, 15) is 14.4 Å². The van der Waals surface area contributed by atoms with Gasteiger partial charge in [0.05, 0.1) is 11.2 Å². The van der Waals surface area contributed by atoms with Crippen LogP contribution in [0.3, 0.4) is 0 Å². The quantitative estimate of drug-likeness (QED) is 0.330. The molecule has 1 aromatic carbocycles. The number of urea groups is 1. The number of amides is 3. The zero-order valence-corrected chi connectivity index (χ0v) is 28.7. The van der Waals surface area contributed by atoms with Gasteiger partial charge in [-0.3, -0.25) is 14.3 Å². The van der Waals surface area contributed by atoms with E-state index in [0.29, 0.717) is 68.3 Å². The fraction of sp³-hybridized carbons (Fsp3) is 0.548. The molecule has 1 atom stereocenters. The van der Waals surface area contributed by atoms with Crippen LogP contribution in [0, 0.1) is 0 Å². The monoisotopic (exact) mass is 745 g/mol. The molecular formula is C31H41Br2N9O3. The number of likely N-dealkylation sites (tertiary alicyclic amines) is 2. The van der Waals surface area contributed by atoms with Gasteiger partial charge in [0.25, 0.3) is 0 Å². The van der Waals surface area contributed by atoms with Crippen LogP contribution in [0.2, 0.25) is 0 Å². The van der Waals surface area contributed by atoms with Crippen LogP contribution < -0.4 is 16.7 Å². The Morgan fingerprint density at radius 3 is 2.29 bits per heavy atom. The number of benzene rings is 1. The molecule has 3 saturated heterocycles. The number of anilines is 1. The first-order chi connectivity index (χ1) is 21.7. The molecule has 4 N–H and O–H groups in total. The number of aromatic amines is 1. The Bertz CT molecular complexity index is 1560. The first-order valence-corrected chi connectivity index (χ1v) is 17.3. The zero-order valence-electron chi connectivity index (χ0n) is 25.6. The number of hydrogen-bond acceptors (Lipinski definition) is 7. The van der Waals surface area contributed by atoms with Crippen molar-refractivity contribution in [3.8, 4) is 0 Å². The highest BCUT2D eigenvalue weighted by molar-refractivity contribution is 9.11. The highest BCUT2D eigenvalue weighted by Gasteiger charge is 2.34. The van der Waals surface area contributed by atoms with Gasteiger partial charge < -0.3 is 30.7 Å². The molecule has 6 rings (SSSR count). The van der Waals surface area contributed by atoms with Gasteiger partial charge in [-0.1, -0.05) is 0 Å². The van der Waals surface area contributed by atoms with Crippen LogP contribution >= 0.6 is 31.9 Å². The Morgan fingerprint density at radius 2 is 1.62 bits per heavy atom. The number of nitrogens with one attached hydrogen (secondary N) is 2. The van der Waals surface area contributed by atoms with E-state index in [1.165, 1.54) is 0 Å². The molecule has 2 aromatic heterocycles. The van der Waals surface area contributed by atoms with Crippen molar-refractivity contribution in [2.45, 2.75) is 50.2 Å². The molecule has 3 aliphatic rings. The number of nitrogen functional groups attached to an aromatic ring is 1. The number of nitrogens with two attached hydrogens (primary N) is 1. The van der Waals surface area contributed by atoms with Gasteiger partial charge in [-0.15, -0.1) is 0 Å². The van der Waals surface area contributed by atoms with Gasteiger partial charge in [-0.2, -0.15) is 0 Å². The number of halogens is 2. The van der Waals surface area contributed by atoms with Crippen LogP contribution in [0.4, 0.5) is 10.5 Å². The molecule has 3 aromatic rings. The molecule has 3 amide bonds. The van der Waals surface area contributed by atoms with Gasteiger partial charge >= 0.3 is 11.7 Å². The molecule has 45 heavy (non-hydrogen) atoms. The highest BCUT2D eigenvalue weighted by atomic mass is 79.9. The van der Waals surface area contributed by atoms with Gasteiger partial charge in [-0.05, 0) is 108 Å². The number of H-pyrrole nitrogens is 1. The Hall–Kier alpha value is -2.94. The van der Waals surface area contributed by atoms with Crippen molar-refractivity contribution in [3.63, 3.8) is 0 Å². The lowest BCUT2D eigenvalue weighted by Crippen LogP contribution is -2.59. The summed E-state index contributed by atoms with van der Waals surface area (Å²) in [6.45, 7) is 6.13. The summed E-state index contributed by atoms with van der Waals surface area (Å²) in [6.07, 6.45) is 5.57. The van der Waals surface area contributed by atoms with Gasteiger partial charge in [0.1, 0.15) is 6.04 Å². The minimum Gasteiger partial charge on any atom is -0.397 e. The van der Waals surface area contributed by atoms with E-state index in [0.717, 1.165) is 53.5 Å². The van der Waals surface area contributed by atoms with Crippen molar-refractivity contribution in [1.82, 2.24) is 39.5 Å². The predicted octanol–water partition coefficient (Wildman–Crippen LogP) is 3.03. The average Bonchev–Trinajstić information content (AvgIpc) is 3.39. The summed E-state index contributed by atoms with van der Waals surface area (Å²) in [6, 6.07) is 6.96. The molecule has 0 unspecified atom stereocenters. The van der Waals surface area contributed by atoms with Crippen molar-refractivity contribution >= 4 is 60.6 Å². The topological polar surface area (TPSA) is 136 Å². The summed E-state index contributed by atoms with van der Waals surface area (Å²) >= 11 is 7.04. The van der Waals surface area contributed by atoms with E-state index in [1.807, 2.05) is 23.1 Å². The van der Waals surface area contributed by atoms with Crippen LogP contribution in [0.5, 0.6) is 0 Å². The van der Waals surface area contributed by atoms with Crippen molar-refractivity contribution in [3.05, 3.63) is 55.5 Å². The van der Waals surface area contributed by atoms with Crippen LogP contribution in [-0.4, -0.2) is 118 Å². The van der Waals surface area contributed by atoms with Gasteiger partial charge in [0, 0.05) is 72.9 Å². The summed E-state index contributed by atoms with van der Waals surface area (Å²) in [5.41, 5.74) is 8.75. The molecule has 242 valence electrons. The second-order valence-electron chi connectivity index (χ2n) is 12.5. The van der Waals surface area contributed by atoms with Gasteiger partial charge in [0.15, 0.2) is 5.65 Å². The third-order valence-corrected chi connectivity index (χ3v) is 10.9. The maximum Gasteiger partial charge on any atom is 0.327 e. The lowest BCUT2D eigenvalue weighted by atomic mass is 10.0. The van der Waals surface area contributed by atoms with Crippen molar-refractivity contribution in [1.29, 1.82) is 0 Å². The SMILES string of the molecule is CN1CCC(N2CCN(C(=O)[C@@H](Cc3cc(Br)c(N)c(Br)c3)NC(=O)N3CCC(n4c(=O)[nH]c5cccnc54)CC3)CC2)CC1. The fourth-order valence-electron chi connectivity index (χ4n) is 6.94. The van der Waals surface area contributed by atoms with E-state index < -0.39 is 6.04 Å². The third kappa shape index (κ3) is 7.08. The van der Waals surface area contributed by atoms with Crippen molar-refractivity contribution in [2.75, 3.05) is 65.1 Å². The molecule has 0 saturated carbocycles. The number of fused-ring (bicyclic) bond motifs is 1. The summed E-state index contributed by atoms with van der Waals surface area (Å²) in [5, 5.41) is 3.08. The number of rotatable bonds is 6. The lowest BCUT2D eigenvalue weighted by molar-refractivity contribution is -0.135. The van der Waals surface area contributed by atoms with Crippen LogP contribution in [0.25, 0.3) is 11.2 Å². The zero-order chi connectivity index (χ0) is 31.7. The molecule has 12 nitrogen and oxygen atoms in total. The van der Waals surface area contributed by atoms with Crippen molar-refractivity contribution in [2.24, 2.45) is 0 Å². The first kappa shape index (κ1) is 32.0. The number of pyridine rings is 1. The van der Waals surface area contributed by atoms with Gasteiger partial charge in [0.2, 0.25) is 5.91 Å². The molecule has 0 bridgehead atoms. The first-order valence-electron chi connectivity index (χ1n) is 15.7. The predicted molar refractivity (Wildman–Crippen MR) is 181 cm³/mol. The summed E-state index contributed by atoms with van der Waals surface area (Å²) in [4.78, 5) is 56.2. The average molecular weight is 748 g/mol. The Kier molecular flexibility index (Phi) is 9.83. The van der Waals surface area contributed by atoms with Crippen LogP contribution in [0.15, 0.2) is 44.2 Å². The number of nitrogens with zero attached hydrogens (tertiary/aromatic N) is 6. The standard InChI is InChI=1S/C31H41Br2N9O3/c1-38-9-4-21(5-10-38)39-13-15-40(16-14-39)29(43)26(19-20-17-23(32)27(34)24(33)18-20)37-30(44)41-11-6-22(7-12-41)42-28-25(36-31(42)45)3-2-8-35-28/h2-3,8,17-18,21-22,26H,4-7,9-16,19,34H2,1H3,(H,36,45)(H,37,44)/t26-/m1/s1. The molecule has 3 aliphatic heterocycles. The lowest BCUT2D eigenvalue weighted by Gasteiger charge is -2.43. The van der Waals surface area contributed by atoms with Crippen molar-refractivity contribution < 1.29 is 9.59 Å². The van der Waals surface area contributed by atoms with E-state index in [2.05, 4.69) is 64.0 Å². The highest BCUT2D eigenvalue weighted by Crippen LogP contribution is 2.30. The Balaban J connectivity index is 1.12. The third-order valence-electron chi connectivity index (χ3n) is 9.60. The fourth-order valence-corrected chi connectivity index (χ4v) is 8.22. The Labute approximate surface area is 279 Å². The van der Waals surface area contributed by atoms with Crippen LogP contribution in [0.1, 0.15) is 37.3 Å². The second kappa shape index (κ2) is 13.8. The maximum absolute atomic E-state index is 14.0. The molecular weight excluding hydrogens is 706 g/mol. The molecule has 3 fully saturated rings. The molecule has 5 heterocycles. The number of aromatic nitrogens is 3. The second-order valence-corrected chi connectivity index (χ2v) is 14.2. The number of piperazine rings is 1. The summed E-state index contributed by atoms with van der Waals surface area (Å²) < 4.78 is 3.18. The van der Waals surface area contributed by atoms with Crippen LogP contribution in [-0.2, 0) is 11.2 Å². The maximum atomic E-state index is 14.0. The minimum atomic E-state index is -0.729. The number of imidazole rings is 1. The molecule has 0 spiro atoms. The normalized spacial score (nSPS) is 20.1. The number of hydrogen-bond donors (Lipinski definition) is 3. The van der Waals surface area contributed by atoms with E-state index in [-0.39, 0.29) is 23.7 Å². The number of carbonyl (C=O) groups is 2. The summed E-state index contributed by atoms with van der Waals surface area (Å²) in [5.74, 6) is -0.0678. The largest absolute Gasteiger partial charge is 0.397 e. The van der Waals surface area contributed by atoms with Gasteiger partial charge in [-0.25, -0.2) is 14.6 Å². The molecule has 14 heteroatoms. The number of carbonyl (C=O) groups excluding carboxylic acids is 2. The summed E-state index contributed by atoms with van der Waals surface area (Å²) in [7, 11) is 2.17. The van der Waals surface area contributed by atoms with E-state index in [4.69, 9.17) is 5.73 Å². The van der Waals surface area contributed by atoms with E-state index in [1.54, 1.807) is 21.7 Å². The Morgan fingerprint density at radius 1 is 0.978 bits per heavy atom. The molecule has 0 radical (unpaired) electrons. The molecule has 0 aliphatic carbocycles. The number of piperidine rings is 2.